The maximum absolute atomic E-state index is 6.31. The van der Waals surface area contributed by atoms with Gasteiger partial charge in [-0.2, -0.15) is 0 Å². The Hall–Kier alpha value is -0.580. The van der Waals surface area contributed by atoms with Gasteiger partial charge in [-0.1, -0.05) is 15.9 Å². The molecule has 1 rings (SSSR count). The molecule has 0 radical (unpaired) electrons. The van der Waals surface area contributed by atoms with Crippen molar-refractivity contribution >= 4 is 15.9 Å². The van der Waals surface area contributed by atoms with Crippen molar-refractivity contribution in [3.63, 3.8) is 0 Å². The van der Waals surface area contributed by atoms with Crippen LogP contribution in [0.2, 0.25) is 0 Å². The minimum atomic E-state index is -0.501. The van der Waals surface area contributed by atoms with Crippen molar-refractivity contribution in [1.29, 1.82) is 0 Å². The van der Waals surface area contributed by atoms with Gasteiger partial charge in [-0.3, -0.25) is 0 Å². The third kappa shape index (κ3) is 2.56. The van der Waals surface area contributed by atoms with Crippen LogP contribution in [0.3, 0.4) is 0 Å². The second-order valence-electron chi connectivity index (χ2n) is 5.43. The summed E-state index contributed by atoms with van der Waals surface area (Å²) in [5.41, 5.74) is 16.3. The van der Waals surface area contributed by atoms with Gasteiger partial charge < -0.3 is 16.2 Å². The van der Waals surface area contributed by atoms with E-state index >= 15 is 0 Å². The number of rotatable bonds is 3. The summed E-state index contributed by atoms with van der Waals surface area (Å²) in [7, 11) is 1.68. The maximum Gasteiger partial charge on any atom is 0.127 e. The fourth-order valence-electron chi connectivity index (χ4n) is 2.12. The monoisotopic (exact) mass is 314 g/mol. The summed E-state index contributed by atoms with van der Waals surface area (Å²) in [6, 6.07) is -0.275. The van der Waals surface area contributed by atoms with Crippen molar-refractivity contribution in [2.45, 2.75) is 46.2 Å². The van der Waals surface area contributed by atoms with E-state index in [1.54, 1.807) is 7.11 Å². The largest absolute Gasteiger partial charge is 0.496 e. The van der Waals surface area contributed by atoms with Crippen molar-refractivity contribution in [2.75, 3.05) is 7.11 Å². The molecule has 1 aromatic rings. The number of hydrogen-bond donors (Lipinski definition) is 2. The van der Waals surface area contributed by atoms with Gasteiger partial charge in [0.15, 0.2) is 0 Å². The molecule has 0 aliphatic rings. The highest BCUT2D eigenvalue weighted by Crippen LogP contribution is 2.40. The molecule has 0 spiro atoms. The Morgan fingerprint density at radius 3 is 2.00 bits per heavy atom. The average Bonchev–Trinajstić information content (AvgIpc) is 2.28. The van der Waals surface area contributed by atoms with E-state index < -0.39 is 5.54 Å². The first-order chi connectivity index (χ1) is 8.12. The maximum atomic E-state index is 6.31. The van der Waals surface area contributed by atoms with Crippen LogP contribution in [0, 0.1) is 20.8 Å². The van der Waals surface area contributed by atoms with Crippen LogP contribution in [0.15, 0.2) is 4.47 Å². The molecule has 4 heteroatoms. The highest BCUT2D eigenvalue weighted by Gasteiger charge is 2.29. The van der Waals surface area contributed by atoms with Crippen molar-refractivity contribution < 1.29 is 4.74 Å². The van der Waals surface area contributed by atoms with E-state index in [1.807, 2.05) is 27.7 Å². The molecule has 0 saturated heterocycles. The molecule has 4 N–H and O–H groups in total. The van der Waals surface area contributed by atoms with Crippen LogP contribution >= 0.6 is 15.9 Å². The molecule has 0 bridgehead atoms. The van der Waals surface area contributed by atoms with Crippen LogP contribution in [0.4, 0.5) is 0 Å². The molecule has 0 aliphatic heterocycles. The lowest BCUT2D eigenvalue weighted by Crippen LogP contribution is -2.44. The molecule has 1 atom stereocenters. The molecule has 18 heavy (non-hydrogen) atoms. The Balaban J connectivity index is 3.62. The Kier molecular flexibility index (Phi) is 4.47. The average molecular weight is 315 g/mol. The van der Waals surface area contributed by atoms with Gasteiger partial charge in [0, 0.05) is 15.6 Å². The van der Waals surface area contributed by atoms with Gasteiger partial charge in [-0.05, 0) is 51.3 Å². The first kappa shape index (κ1) is 15.5. The van der Waals surface area contributed by atoms with Crippen LogP contribution in [0.5, 0.6) is 5.75 Å². The lowest BCUT2D eigenvalue weighted by atomic mass is 9.85. The predicted molar refractivity (Wildman–Crippen MR) is 80.1 cm³/mol. The summed E-state index contributed by atoms with van der Waals surface area (Å²) in [5, 5.41) is 0. The summed E-state index contributed by atoms with van der Waals surface area (Å²) in [5.74, 6) is 0.847. The number of hydrogen-bond acceptors (Lipinski definition) is 3. The molecule has 0 saturated carbocycles. The topological polar surface area (TPSA) is 61.3 Å². The molecule has 0 aliphatic carbocycles. The first-order valence-corrected chi connectivity index (χ1v) is 6.79. The fourth-order valence-corrected chi connectivity index (χ4v) is 2.63. The van der Waals surface area contributed by atoms with E-state index in [9.17, 15) is 0 Å². The van der Waals surface area contributed by atoms with Crippen LogP contribution in [0.1, 0.15) is 42.1 Å². The molecule has 1 aromatic carbocycles. The third-order valence-corrected chi connectivity index (χ3v) is 4.72. The second-order valence-corrected chi connectivity index (χ2v) is 6.23. The third-order valence-electron chi connectivity index (χ3n) is 3.53. The highest BCUT2D eigenvalue weighted by molar-refractivity contribution is 9.10. The van der Waals surface area contributed by atoms with E-state index in [1.165, 1.54) is 5.56 Å². The molecular formula is C14H23BrN2O. The zero-order valence-electron chi connectivity index (χ0n) is 12.0. The molecule has 0 aromatic heterocycles. The Labute approximate surface area is 118 Å². The van der Waals surface area contributed by atoms with Gasteiger partial charge in [-0.15, -0.1) is 0 Å². The number of benzene rings is 1. The van der Waals surface area contributed by atoms with Crippen molar-refractivity contribution in [3.8, 4) is 5.75 Å². The normalized spacial score (nSPS) is 13.6. The van der Waals surface area contributed by atoms with E-state index in [0.29, 0.717) is 0 Å². The van der Waals surface area contributed by atoms with Crippen molar-refractivity contribution in [1.82, 2.24) is 0 Å². The zero-order chi connectivity index (χ0) is 14.2. The molecular weight excluding hydrogens is 292 g/mol. The minimum Gasteiger partial charge on any atom is -0.496 e. The molecule has 0 amide bonds. The van der Waals surface area contributed by atoms with Gasteiger partial charge in [0.1, 0.15) is 5.75 Å². The van der Waals surface area contributed by atoms with Crippen LogP contribution < -0.4 is 16.2 Å². The van der Waals surface area contributed by atoms with Crippen LogP contribution in [0.25, 0.3) is 0 Å². The summed E-state index contributed by atoms with van der Waals surface area (Å²) < 4.78 is 6.63. The van der Waals surface area contributed by atoms with E-state index in [2.05, 4.69) is 22.9 Å². The lowest BCUT2D eigenvalue weighted by Gasteiger charge is -2.31. The first-order valence-electron chi connectivity index (χ1n) is 6.00. The Morgan fingerprint density at radius 2 is 1.61 bits per heavy atom. The summed E-state index contributed by atoms with van der Waals surface area (Å²) in [6.45, 7) is 10.0. The number of ether oxygens (including phenoxy) is 1. The molecule has 0 fully saturated rings. The Bertz CT molecular complexity index is 464. The lowest BCUT2D eigenvalue weighted by molar-refractivity contribution is 0.373. The summed E-state index contributed by atoms with van der Waals surface area (Å²) in [6.07, 6.45) is 0. The predicted octanol–water partition coefficient (Wildman–Crippen LogP) is 3.12. The Morgan fingerprint density at radius 1 is 1.11 bits per heavy atom. The number of nitrogens with two attached hydrogens (primary N) is 2. The second kappa shape index (κ2) is 5.19. The molecule has 1 unspecified atom stereocenters. The number of methoxy groups -OCH3 is 1. The van der Waals surface area contributed by atoms with Crippen LogP contribution in [-0.2, 0) is 0 Å². The SMILES string of the molecule is COc1c(C)c(C)c(Br)c(C)c1C(N)C(C)(C)N. The van der Waals surface area contributed by atoms with Gasteiger partial charge in [0.25, 0.3) is 0 Å². The van der Waals surface area contributed by atoms with E-state index in [0.717, 1.165) is 26.9 Å². The van der Waals surface area contributed by atoms with E-state index in [-0.39, 0.29) is 6.04 Å². The molecule has 102 valence electrons. The smallest absolute Gasteiger partial charge is 0.127 e. The van der Waals surface area contributed by atoms with Crippen molar-refractivity contribution in [2.24, 2.45) is 11.5 Å². The molecule has 0 heterocycles. The molecule has 3 nitrogen and oxygen atoms in total. The van der Waals surface area contributed by atoms with Gasteiger partial charge in [0.05, 0.1) is 13.2 Å². The van der Waals surface area contributed by atoms with Gasteiger partial charge in [0.2, 0.25) is 0 Å². The fraction of sp³-hybridized carbons (Fsp3) is 0.571. The summed E-state index contributed by atoms with van der Waals surface area (Å²) >= 11 is 3.63. The standard InChI is InChI=1S/C14H23BrN2O/c1-7-8(2)12(18-6)10(9(3)11(7)15)13(16)14(4,5)17/h13H,16-17H2,1-6H3. The van der Waals surface area contributed by atoms with Crippen LogP contribution in [-0.4, -0.2) is 12.6 Å². The van der Waals surface area contributed by atoms with Gasteiger partial charge >= 0.3 is 0 Å². The summed E-state index contributed by atoms with van der Waals surface area (Å²) in [4.78, 5) is 0. The minimum absolute atomic E-state index is 0.275. The number of halogens is 1. The van der Waals surface area contributed by atoms with Crippen molar-refractivity contribution in [3.05, 3.63) is 26.7 Å². The quantitative estimate of drug-likeness (QED) is 0.901. The van der Waals surface area contributed by atoms with E-state index in [4.69, 9.17) is 16.2 Å². The highest BCUT2D eigenvalue weighted by atomic mass is 79.9. The van der Waals surface area contributed by atoms with Gasteiger partial charge in [-0.25, -0.2) is 0 Å². The zero-order valence-corrected chi connectivity index (χ0v) is 13.6.